The topological polar surface area (TPSA) is 71.0 Å². The molecule has 0 spiro atoms. The smallest absolute Gasteiger partial charge is 0.249 e. The van der Waals surface area contributed by atoms with E-state index in [0.29, 0.717) is 11.5 Å². The number of anilines is 4. The van der Waals surface area contributed by atoms with E-state index in [-0.39, 0.29) is 5.78 Å². The van der Waals surface area contributed by atoms with Gasteiger partial charge in [0.05, 0.1) is 6.20 Å². The molecule has 0 radical (unpaired) electrons. The van der Waals surface area contributed by atoms with Gasteiger partial charge in [-0.05, 0) is 55.7 Å². The molecule has 2 heterocycles. The van der Waals surface area contributed by atoms with Crippen LogP contribution in [-0.4, -0.2) is 27.5 Å². The zero-order chi connectivity index (χ0) is 17.9. The van der Waals surface area contributed by atoms with Crippen LogP contribution in [0.4, 0.5) is 23.1 Å². The van der Waals surface area contributed by atoms with E-state index in [1.165, 1.54) is 11.3 Å². The largest absolute Gasteiger partial charge is 0.325 e. The van der Waals surface area contributed by atoms with E-state index in [9.17, 15) is 4.79 Å². The zero-order valence-corrected chi connectivity index (χ0v) is 14.5. The summed E-state index contributed by atoms with van der Waals surface area (Å²) in [5.74, 6) is 1.25. The average molecular weight is 345 g/mol. The summed E-state index contributed by atoms with van der Waals surface area (Å²) in [7, 11) is 0. The molecule has 2 aromatic carbocycles. The first-order chi connectivity index (χ1) is 12.7. The molecule has 26 heavy (non-hydrogen) atoms. The third-order valence-corrected chi connectivity index (χ3v) is 4.48. The Morgan fingerprint density at radius 2 is 1.92 bits per heavy atom. The molecule has 3 aromatic rings. The van der Waals surface area contributed by atoms with E-state index in [0.717, 1.165) is 30.9 Å². The lowest BCUT2D eigenvalue weighted by atomic mass is 10.0. The molecule has 0 aliphatic carbocycles. The van der Waals surface area contributed by atoms with Gasteiger partial charge in [-0.25, -0.2) is 0 Å². The molecule has 0 amide bonds. The van der Waals surface area contributed by atoms with Crippen LogP contribution in [0.25, 0.3) is 0 Å². The summed E-state index contributed by atoms with van der Waals surface area (Å²) in [6.07, 6.45) is 3.85. The number of benzene rings is 2. The number of hydrogen-bond donors (Lipinski definition) is 1. The number of fused-ring (bicyclic) bond motifs is 1. The van der Waals surface area contributed by atoms with Crippen molar-refractivity contribution in [1.29, 1.82) is 0 Å². The summed E-state index contributed by atoms with van der Waals surface area (Å²) in [5.41, 5.74) is 3.99. The molecule has 0 saturated heterocycles. The van der Waals surface area contributed by atoms with E-state index in [4.69, 9.17) is 0 Å². The van der Waals surface area contributed by atoms with Crippen molar-refractivity contribution in [1.82, 2.24) is 15.2 Å². The van der Waals surface area contributed by atoms with E-state index < -0.39 is 0 Å². The van der Waals surface area contributed by atoms with Gasteiger partial charge in [-0.15, -0.1) is 5.10 Å². The summed E-state index contributed by atoms with van der Waals surface area (Å²) < 4.78 is 0. The van der Waals surface area contributed by atoms with Crippen LogP contribution in [0.2, 0.25) is 0 Å². The molecule has 130 valence electrons. The Morgan fingerprint density at radius 3 is 2.73 bits per heavy atom. The summed E-state index contributed by atoms with van der Waals surface area (Å²) in [6.45, 7) is 2.46. The van der Waals surface area contributed by atoms with Gasteiger partial charge in [0, 0.05) is 23.5 Å². The highest BCUT2D eigenvalue weighted by Gasteiger charge is 2.19. The Balaban J connectivity index is 1.59. The number of nitrogens with one attached hydrogen (secondary N) is 1. The maximum atomic E-state index is 11.4. The van der Waals surface area contributed by atoms with Crippen LogP contribution >= 0.6 is 0 Å². The third kappa shape index (κ3) is 3.26. The summed E-state index contributed by atoms with van der Waals surface area (Å²) >= 11 is 0. The minimum atomic E-state index is 0.0419. The number of carbonyl (C=O) groups is 1. The number of Topliss-reactive ketones (excluding diaryl/α,β-unsaturated/α-hetero) is 1. The molecule has 1 aliphatic rings. The lowest BCUT2D eigenvalue weighted by Crippen LogP contribution is -2.25. The minimum Gasteiger partial charge on any atom is -0.325 e. The van der Waals surface area contributed by atoms with Crippen molar-refractivity contribution in [2.45, 2.75) is 19.8 Å². The van der Waals surface area contributed by atoms with Gasteiger partial charge < -0.3 is 10.2 Å². The Labute approximate surface area is 151 Å². The number of aromatic nitrogens is 3. The quantitative estimate of drug-likeness (QED) is 0.723. The molecule has 0 atom stereocenters. The second-order valence-electron chi connectivity index (χ2n) is 6.28. The predicted octanol–water partition coefficient (Wildman–Crippen LogP) is 3.90. The molecule has 0 fully saturated rings. The third-order valence-electron chi connectivity index (χ3n) is 4.48. The highest BCUT2D eigenvalue weighted by molar-refractivity contribution is 5.94. The van der Waals surface area contributed by atoms with Crippen LogP contribution in [0.5, 0.6) is 0 Å². The van der Waals surface area contributed by atoms with Gasteiger partial charge in [0.1, 0.15) is 0 Å². The van der Waals surface area contributed by atoms with Crippen LogP contribution in [0.1, 0.15) is 29.3 Å². The zero-order valence-electron chi connectivity index (χ0n) is 14.5. The minimum absolute atomic E-state index is 0.0419. The maximum Gasteiger partial charge on any atom is 0.249 e. The normalized spacial score (nSPS) is 13.2. The lowest BCUT2D eigenvalue weighted by Gasteiger charge is -2.30. The Bertz CT molecular complexity index is 939. The molecular weight excluding hydrogens is 326 g/mol. The molecule has 0 bridgehead atoms. The number of ketones is 1. The van der Waals surface area contributed by atoms with Crippen LogP contribution < -0.4 is 10.2 Å². The maximum absolute atomic E-state index is 11.4. The molecule has 1 aliphatic heterocycles. The van der Waals surface area contributed by atoms with Crippen molar-refractivity contribution < 1.29 is 4.79 Å². The van der Waals surface area contributed by atoms with Crippen LogP contribution in [-0.2, 0) is 6.42 Å². The highest BCUT2D eigenvalue weighted by atomic mass is 16.1. The monoisotopic (exact) mass is 345 g/mol. The number of aryl methyl sites for hydroxylation is 1. The van der Waals surface area contributed by atoms with E-state index in [1.54, 1.807) is 25.3 Å². The van der Waals surface area contributed by atoms with E-state index in [2.05, 4.69) is 43.6 Å². The van der Waals surface area contributed by atoms with Gasteiger partial charge in [-0.1, -0.05) is 18.2 Å². The molecule has 0 unspecified atom stereocenters. The Hall–Kier alpha value is -3.28. The summed E-state index contributed by atoms with van der Waals surface area (Å²) in [6, 6.07) is 15.6. The van der Waals surface area contributed by atoms with Crippen LogP contribution in [0.3, 0.4) is 0 Å². The average Bonchev–Trinajstić information content (AvgIpc) is 2.68. The predicted molar refractivity (Wildman–Crippen MR) is 101 cm³/mol. The van der Waals surface area contributed by atoms with Gasteiger partial charge >= 0.3 is 0 Å². The van der Waals surface area contributed by atoms with Crippen LogP contribution in [0.15, 0.2) is 54.7 Å². The van der Waals surface area contributed by atoms with Gasteiger partial charge in [0.25, 0.3) is 0 Å². The van der Waals surface area contributed by atoms with Gasteiger partial charge in [0.15, 0.2) is 11.6 Å². The first-order valence-corrected chi connectivity index (χ1v) is 8.64. The van der Waals surface area contributed by atoms with Crippen LogP contribution in [0, 0.1) is 0 Å². The Morgan fingerprint density at radius 1 is 1.12 bits per heavy atom. The highest BCUT2D eigenvalue weighted by Crippen LogP contribution is 2.32. The van der Waals surface area contributed by atoms with E-state index >= 15 is 0 Å². The fourth-order valence-corrected chi connectivity index (χ4v) is 3.17. The number of rotatable bonds is 4. The standard InChI is InChI=1S/C20H19N5O/c1-14(26)15-8-10-17(11-9-15)22-20-23-19(13-21-24-20)25-12-4-6-16-5-2-3-7-18(16)25/h2-3,5,7-11,13H,4,6,12H2,1H3,(H,22,23,24). The van der Waals surface area contributed by atoms with E-state index in [1.807, 2.05) is 18.2 Å². The summed E-state index contributed by atoms with van der Waals surface area (Å²) in [5, 5.41) is 11.3. The summed E-state index contributed by atoms with van der Waals surface area (Å²) in [4.78, 5) is 18.2. The molecule has 0 saturated carbocycles. The fraction of sp³-hybridized carbons (Fsp3) is 0.200. The Kier molecular flexibility index (Phi) is 4.31. The van der Waals surface area contributed by atoms with Gasteiger partial charge in [-0.3, -0.25) is 4.79 Å². The van der Waals surface area contributed by atoms with Crippen molar-refractivity contribution in [3.8, 4) is 0 Å². The molecule has 1 N–H and O–H groups in total. The second kappa shape index (κ2) is 6.92. The van der Waals surface area contributed by atoms with Crippen molar-refractivity contribution in [2.75, 3.05) is 16.8 Å². The van der Waals surface area contributed by atoms with Gasteiger partial charge in [-0.2, -0.15) is 10.1 Å². The molecule has 4 rings (SSSR count). The van der Waals surface area contributed by atoms with Gasteiger partial charge in [0.2, 0.25) is 5.95 Å². The first-order valence-electron chi connectivity index (χ1n) is 8.64. The SMILES string of the molecule is CC(=O)c1ccc(Nc2nncc(N3CCCc4ccccc43)n2)cc1. The fourth-order valence-electron chi connectivity index (χ4n) is 3.17. The first kappa shape index (κ1) is 16.2. The second-order valence-corrected chi connectivity index (χ2v) is 6.28. The number of nitrogens with zero attached hydrogens (tertiary/aromatic N) is 4. The molecule has 6 heteroatoms. The van der Waals surface area contributed by atoms with Crippen molar-refractivity contribution in [3.05, 3.63) is 65.9 Å². The van der Waals surface area contributed by atoms with Crippen molar-refractivity contribution in [3.63, 3.8) is 0 Å². The molecule has 6 nitrogen and oxygen atoms in total. The van der Waals surface area contributed by atoms with Crippen molar-refractivity contribution >= 4 is 28.9 Å². The number of hydrogen-bond acceptors (Lipinski definition) is 6. The van der Waals surface area contributed by atoms with Crippen molar-refractivity contribution in [2.24, 2.45) is 0 Å². The molecular formula is C20H19N5O. The lowest BCUT2D eigenvalue weighted by molar-refractivity contribution is 0.101. The molecule has 1 aromatic heterocycles. The number of para-hydroxylation sites is 1. The number of carbonyl (C=O) groups excluding carboxylic acids is 1.